The molecule has 1 nitrogen and oxygen atoms in total. The molecule has 0 fully saturated rings. The van der Waals surface area contributed by atoms with E-state index in [-0.39, 0.29) is 10.8 Å². The largest absolute Gasteiger partial charge is 0.422 e. The van der Waals surface area contributed by atoms with Crippen LogP contribution in [-0.4, -0.2) is 6.29 Å². The van der Waals surface area contributed by atoms with Gasteiger partial charge < -0.3 is 0 Å². The molecular weight excluding hydrogens is 287 g/mol. The van der Waals surface area contributed by atoms with E-state index in [9.17, 15) is 26.7 Å². The minimum atomic E-state index is -5.17. The van der Waals surface area contributed by atoms with Gasteiger partial charge in [0, 0.05) is 4.47 Å². The Morgan fingerprint density at radius 2 is 1.80 bits per heavy atom. The molecule has 1 aromatic carbocycles. The van der Waals surface area contributed by atoms with Gasteiger partial charge in [-0.15, -0.1) is 0 Å². The molecule has 82 valence electrons. The van der Waals surface area contributed by atoms with Gasteiger partial charge in [-0.2, -0.15) is 13.2 Å². The van der Waals surface area contributed by atoms with E-state index in [1.54, 1.807) is 0 Å². The van der Waals surface area contributed by atoms with Crippen LogP contribution in [0.4, 0.5) is 22.0 Å². The first kappa shape index (κ1) is 12.1. The number of aldehydes is 1. The zero-order valence-electron chi connectivity index (χ0n) is 6.83. The zero-order valence-corrected chi connectivity index (χ0v) is 8.42. The molecule has 0 spiro atoms. The molecule has 0 radical (unpaired) electrons. The summed E-state index contributed by atoms with van der Waals surface area (Å²) in [4.78, 5) is 10.3. The zero-order chi connectivity index (χ0) is 11.8. The fraction of sp³-hybridized carbons (Fsp3) is 0.125. The van der Waals surface area contributed by atoms with Crippen molar-refractivity contribution in [1.82, 2.24) is 0 Å². The van der Waals surface area contributed by atoms with Crippen molar-refractivity contribution in [3.8, 4) is 0 Å². The summed E-state index contributed by atoms with van der Waals surface area (Å²) in [6.07, 6.45) is -5.29. The van der Waals surface area contributed by atoms with Gasteiger partial charge in [0.2, 0.25) is 0 Å². The number of alkyl halides is 3. The second-order valence-electron chi connectivity index (χ2n) is 2.56. The van der Waals surface area contributed by atoms with Crippen LogP contribution in [0.1, 0.15) is 15.9 Å². The highest BCUT2D eigenvalue weighted by Crippen LogP contribution is 2.36. The van der Waals surface area contributed by atoms with Crippen LogP contribution < -0.4 is 0 Å². The molecule has 0 amide bonds. The predicted octanol–water partition coefficient (Wildman–Crippen LogP) is 3.56. The average Bonchev–Trinajstić information content (AvgIpc) is 2.00. The standard InChI is InChI=1S/C8H2BrF5O/c9-4-1-5(10)6(8(12,13)14)7(11)3(4)2-15/h1-2H. The van der Waals surface area contributed by atoms with Gasteiger partial charge in [0.1, 0.15) is 17.2 Å². The Kier molecular flexibility index (Phi) is 3.13. The number of halogens is 6. The Bertz CT molecular complexity index is 412. The summed E-state index contributed by atoms with van der Waals surface area (Å²) in [6, 6.07) is 0.398. The highest BCUT2D eigenvalue weighted by atomic mass is 79.9. The minimum Gasteiger partial charge on any atom is -0.298 e. The topological polar surface area (TPSA) is 17.1 Å². The average molecular weight is 289 g/mol. The van der Waals surface area contributed by atoms with Crippen LogP contribution in [0.3, 0.4) is 0 Å². The molecule has 0 N–H and O–H groups in total. The summed E-state index contributed by atoms with van der Waals surface area (Å²) in [5, 5.41) is 0. The fourth-order valence-electron chi connectivity index (χ4n) is 0.973. The number of hydrogen-bond donors (Lipinski definition) is 0. The molecule has 0 aliphatic carbocycles. The first-order valence-corrected chi connectivity index (χ1v) is 4.28. The normalized spacial score (nSPS) is 11.6. The summed E-state index contributed by atoms with van der Waals surface area (Å²) in [7, 11) is 0. The van der Waals surface area contributed by atoms with E-state index in [4.69, 9.17) is 0 Å². The number of rotatable bonds is 1. The molecule has 0 bridgehead atoms. The van der Waals surface area contributed by atoms with Crippen molar-refractivity contribution in [2.45, 2.75) is 6.18 Å². The van der Waals surface area contributed by atoms with Crippen molar-refractivity contribution < 1.29 is 26.7 Å². The van der Waals surface area contributed by atoms with E-state index in [0.717, 1.165) is 0 Å². The molecule has 0 atom stereocenters. The van der Waals surface area contributed by atoms with E-state index >= 15 is 0 Å². The molecular formula is C8H2BrF5O. The van der Waals surface area contributed by atoms with Crippen molar-refractivity contribution in [2.24, 2.45) is 0 Å². The molecule has 7 heteroatoms. The Labute approximate surface area is 89.0 Å². The molecule has 0 saturated heterocycles. The van der Waals surface area contributed by atoms with Gasteiger partial charge in [-0.05, 0) is 22.0 Å². The molecule has 1 rings (SSSR count). The van der Waals surface area contributed by atoms with E-state index < -0.39 is 28.9 Å². The second-order valence-corrected chi connectivity index (χ2v) is 3.41. The van der Waals surface area contributed by atoms with Crippen LogP contribution in [0.25, 0.3) is 0 Å². The summed E-state index contributed by atoms with van der Waals surface area (Å²) < 4.78 is 62.0. The van der Waals surface area contributed by atoms with Crippen LogP contribution in [0.2, 0.25) is 0 Å². The summed E-state index contributed by atoms with van der Waals surface area (Å²) >= 11 is 2.58. The second kappa shape index (κ2) is 3.88. The maximum Gasteiger partial charge on any atom is 0.422 e. The molecule has 0 saturated carbocycles. The van der Waals surface area contributed by atoms with E-state index in [1.807, 2.05) is 0 Å². The van der Waals surface area contributed by atoms with Crippen molar-refractivity contribution in [3.05, 3.63) is 33.3 Å². The lowest BCUT2D eigenvalue weighted by Crippen LogP contribution is -2.13. The van der Waals surface area contributed by atoms with Gasteiger partial charge in [-0.3, -0.25) is 4.79 Å². The lowest BCUT2D eigenvalue weighted by molar-refractivity contribution is -0.142. The van der Waals surface area contributed by atoms with Crippen LogP contribution in [0.15, 0.2) is 10.5 Å². The smallest absolute Gasteiger partial charge is 0.298 e. The van der Waals surface area contributed by atoms with E-state index in [0.29, 0.717) is 6.07 Å². The Hall–Kier alpha value is -0.980. The van der Waals surface area contributed by atoms with Gasteiger partial charge in [0.05, 0.1) is 5.56 Å². The molecule has 1 aromatic rings. The number of hydrogen-bond acceptors (Lipinski definition) is 1. The first-order valence-electron chi connectivity index (χ1n) is 3.49. The fourth-order valence-corrected chi connectivity index (χ4v) is 1.44. The van der Waals surface area contributed by atoms with Gasteiger partial charge in [0.15, 0.2) is 6.29 Å². The maximum absolute atomic E-state index is 13.1. The van der Waals surface area contributed by atoms with Crippen LogP contribution in [-0.2, 0) is 6.18 Å². The quantitative estimate of drug-likeness (QED) is 0.570. The lowest BCUT2D eigenvalue weighted by Gasteiger charge is -2.11. The third-order valence-electron chi connectivity index (χ3n) is 1.61. The SMILES string of the molecule is O=Cc1c(Br)cc(F)c(C(F)(F)F)c1F. The molecule has 15 heavy (non-hydrogen) atoms. The van der Waals surface area contributed by atoms with Crippen molar-refractivity contribution in [3.63, 3.8) is 0 Å². The van der Waals surface area contributed by atoms with Gasteiger partial charge >= 0.3 is 6.18 Å². The molecule has 0 heterocycles. The predicted molar refractivity (Wildman–Crippen MR) is 44.4 cm³/mol. The highest BCUT2D eigenvalue weighted by Gasteiger charge is 2.39. The summed E-state index contributed by atoms with van der Waals surface area (Å²) in [5.41, 5.74) is -2.92. The van der Waals surface area contributed by atoms with Crippen molar-refractivity contribution >= 4 is 22.2 Å². The van der Waals surface area contributed by atoms with Crippen LogP contribution in [0.5, 0.6) is 0 Å². The Morgan fingerprint density at radius 1 is 1.27 bits per heavy atom. The maximum atomic E-state index is 13.1. The molecule has 0 aromatic heterocycles. The summed E-state index contributed by atoms with van der Waals surface area (Å²) in [5.74, 6) is -3.68. The number of carbonyl (C=O) groups excluding carboxylic acids is 1. The highest BCUT2D eigenvalue weighted by molar-refractivity contribution is 9.10. The molecule has 0 aliphatic heterocycles. The van der Waals surface area contributed by atoms with Crippen molar-refractivity contribution in [2.75, 3.05) is 0 Å². The number of carbonyl (C=O) groups is 1. The van der Waals surface area contributed by atoms with Gasteiger partial charge in [-0.25, -0.2) is 8.78 Å². The lowest BCUT2D eigenvalue weighted by atomic mass is 10.1. The summed E-state index contributed by atoms with van der Waals surface area (Å²) in [6.45, 7) is 0. The van der Waals surface area contributed by atoms with Crippen molar-refractivity contribution in [1.29, 1.82) is 0 Å². The van der Waals surface area contributed by atoms with E-state index in [2.05, 4.69) is 15.9 Å². The van der Waals surface area contributed by atoms with Crippen LogP contribution in [0, 0.1) is 11.6 Å². The Balaban J connectivity index is 3.60. The van der Waals surface area contributed by atoms with Gasteiger partial charge in [-0.1, -0.05) is 0 Å². The van der Waals surface area contributed by atoms with Crippen LogP contribution >= 0.6 is 15.9 Å². The Morgan fingerprint density at radius 3 is 2.20 bits per heavy atom. The molecule has 0 unspecified atom stereocenters. The monoisotopic (exact) mass is 288 g/mol. The minimum absolute atomic E-state index is 0.117. The molecule has 0 aliphatic rings. The third-order valence-corrected chi connectivity index (χ3v) is 2.26. The van der Waals surface area contributed by atoms with E-state index in [1.165, 1.54) is 0 Å². The third kappa shape index (κ3) is 2.17. The first-order chi connectivity index (χ1) is 6.79. The van der Waals surface area contributed by atoms with Gasteiger partial charge in [0.25, 0.3) is 0 Å². The number of benzene rings is 1.